The van der Waals surface area contributed by atoms with Gasteiger partial charge in [0.25, 0.3) is 0 Å². The Morgan fingerprint density at radius 2 is 1.58 bits per heavy atom. The number of carbonyl (C=O) groups is 2. The Balaban J connectivity index is 1.81. The predicted molar refractivity (Wildman–Crippen MR) is 100 cm³/mol. The molecule has 1 saturated carbocycles. The van der Waals surface area contributed by atoms with Crippen molar-refractivity contribution in [2.75, 3.05) is 14.2 Å². The van der Waals surface area contributed by atoms with Gasteiger partial charge in [0.15, 0.2) is 11.5 Å². The summed E-state index contributed by atoms with van der Waals surface area (Å²) in [6, 6.07) is 5.77. The van der Waals surface area contributed by atoms with E-state index < -0.39 is 0 Å². The Bertz CT molecular complexity index is 622. The van der Waals surface area contributed by atoms with Gasteiger partial charge in [0.1, 0.15) is 0 Å². The molecule has 0 heterocycles. The summed E-state index contributed by atoms with van der Waals surface area (Å²) in [7, 11) is 3.19. The van der Waals surface area contributed by atoms with Gasteiger partial charge in [-0.1, -0.05) is 6.07 Å². The molecule has 2 amide bonds. The average Bonchev–Trinajstić information content (AvgIpc) is 2.65. The summed E-state index contributed by atoms with van der Waals surface area (Å²) in [5, 5.41) is 5.96. The van der Waals surface area contributed by atoms with Gasteiger partial charge in [0.05, 0.1) is 14.2 Å². The summed E-state index contributed by atoms with van der Waals surface area (Å²) in [6.45, 7) is 4.38. The normalized spacial score (nSPS) is 19.7. The summed E-state index contributed by atoms with van der Waals surface area (Å²) in [5.41, 5.74) is 0.959. The molecule has 0 radical (unpaired) electrons. The minimum Gasteiger partial charge on any atom is -0.493 e. The lowest BCUT2D eigenvalue weighted by atomic mass is 9.81. The third-order valence-electron chi connectivity index (χ3n) is 4.81. The van der Waals surface area contributed by atoms with Gasteiger partial charge < -0.3 is 20.1 Å². The van der Waals surface area contributed by atoms with Gasteiger partial charge in [0, 0.05) is 24.4 Å². The second-order valence-electron chi connectivity index (χ2n) is 7.12. The van der Waals surface area contributed by atoms with Crippen molar-refractivity contribution in [3.8, 4) is 11.5 Å². The SMILES string of the molecule is COc1ccc(CNC(=O)C2CCC(C(=O)NC(C)C)CC2)cc1OC. The van der Waals surface area contributed by atoms with E-state index in [0.717, 1.165) is 31.2 Å². The van der Waals surface area contributed by atoms with E-state index in [2.05, 4.69) is 10.6 Å². The summed E-state index contributed by atoms with van der Waals surface area (Å²) < 4.78 is 10.5. The maximum Gasteiger partial charge on any atom is 0.223 e. The molecule has 1 aliphatic rings. The minimum absolute atomic E-state index is 0.0155. The molecule has 6 heteroatoms. The topological polar surface area (TPSA) is 76.7 Å². The number of rotatable bonds is 7. The molecule has 1 aliphatic carbocycles. The molecule has 0 aromatic heterocycles. The third kappa shape index (κ3) is 5.38. The van der Waals surface area contributed by atoms with Gasteiger partial charge in [-0.3, -0.25) is 9.59 Å². The smallest absolute Gasteiger partial charge is 0.223 e. The Morgan fingerprint density at radius 1 is 1.00 bits per heavy atom. The van der Waals surface area contributed by atoms with Gasteiger partial charge in [-0.15, -0.1) is 0 Å². The third-order valence-corrected chi connectivity index (χ3v) is 4.81. The van der Waals surface area contributed by atoms with E-state index in [1.165, 1.54) is 0 Å². The van der Waals surface area contributed by atoms with Crippen LogP contribution in [0.5, 0.6) is 11.5 Å². The monoisotopic (exact) mass is 362 g/mol. The van der Waals surface area contributed by atoms with Crippen LogP contribution in [0.3, 0.4) is 0 Å². The number of benzene rings is 1. The van der Waals surface area contributed by atoms with Crippen LogP contribution in [0.15, 0.2) is 18.2 Å². The zero-order valence-electron chi connectivity index (χ0n) is 16.1. The molecule has 1 aromatic carbocycles. The molecule has 26 heavy (non-hydrogen) atoms. The van der Waals surface area contributed by atoms with Crippen LogP contribution in [0.1, 0.15) is 45.1 Å². The lowest BCUT2D eigenvalue weighted by molar-refractivity contribution is -0.130. The van der Waals surface area contributed by atoms with Gasteiger partial charge >= 0.3 is 0 Å². The van der Waals surface area contributed by atoms with Gasteiger partial charge in [-0.2, -0.15) is 0 Å². The first kappa shape index (κ1) is 20.1. The lowest BCUT2D eigenvalue weighted by Gasteiger charge is -2.27. The second kappa shape index (κ2) is 9.46. The van der Waals surface area contributed by atoms with Crippen LogP contribution in [0.25, 0.3) is 0 Å². The summed E-state index contributed by atoms with van der Waals surface area (Å²) in [5.74, 6) is 1.51. The van der Waals surface area contributed by atoms with Gasteiger partial charge in [-0.05, 0) is 57.2 Å². The molecule has 0 bridgehead atoms. The van der Waals surface area contributed by atoms with E-state index in [1.807, 2.05) is 32.0 Å². The Kier molecular flexibility index (Phi) is 7.30. The molecule has 144 valence electrons. The lowest BCUT2D eigenvalue weighted by Crippen LogP contribution is -2.39. The second-order valence-corrected chi connectivity index (χ2v) is 7.12. The molecule has 1 aromatic rings. The van der Waals surface area contributed by atoms with Gasteiger partial charge in [-0.25, -0.2) is 0 Å². The zero-order valence-corrected chi connectivity index (χ0v) is 16.1. The Hall–Kier alpha value is -2.24. The number of carbonyl (C=O) groups excluding carboxylic acids is 2. The Morgan fingerprint density at radius 3 is 2.12 bits per heavy atom. The van der Waals surface area contributed by atoms with E-state index >= 15 is 0 Å². The fourth-order valence-corrected chi connectivity index (χ4v) is 3.34. The maximum atomic E-state index is 12.4. The molecule has 0 unspecified atom stereocenters. The molecule has 0 aliphatic heterocycles. The average molecular weight is 362 g/mol. The van der Waals surface area contributed by atoms with E-state index in [-0.39, 0.29) is 29.7 Å². The van der Waals surface area contributed by atoms with E-state index in [4.69, 9.17) is 9.47 Å². The van der Waals surface area contributed by atoms with Crippen molar-refractivity contribution in [2.24, 2.45) is 11.8 Å². The number of nitrogens with one attached hydrogen (secondary N) is 2. The fraction of sp³-hybridized carbons (Fsp3) is 0.600. The van der Waals surface area contributed by atoms with Crippen molar-refractivity contribution in [3.63, 3.8) is 0 Å². The van der Waals surface area contributed by atoms with Crippen molar-refractivity contribution >= 4 is 11.8 Å². The van der Waals surface area contributed by atoms with Crippen LogP contribution in [-0.4, -0.2) is 32.1 Å². The van der Waals surface area contributed by atoms with Crippen molar-refractivity contribution < 1.29 is 19.1 Å². The molecule has 6 nitrogen and oxygen atoms in total. The fourth-order valence-electron chi connectivity index (χ4n) is 3.34. The highest BCUT2D eigenvalue weighted by molar-refractivity contribution is 5.81. The van der Waals surface area contributed by atoms with Crippen molar-refractivity contribution in [3.05, 3.63) is 23.8 Å². The molecule has 1 fully saturated rings. The highest BCUT2D eigenvalue weighted by Gasteiger charge is 2.29. The van der Waals surface area contributed by atoms with E-state index in [0.29, 0.717) is 18.0 Å². The quantitative estimate of drug-likeness (QED) is 0.782. The van der Waals surface area contributed by atoms with E-state index in [9.17, 15) is 9.59 Å². The number of methoxy groups -OCH3 is 2. The first-order valence-electron chi connectivity index (χ1n) is 9.23. The maximum absolute atomic E-state index is 12.4. The molecule has 0 spiro atoms. The molecule has 0 saturated heterocycles. The number of ether oxygens (including phenoxy) is 2. The predicted octanol–water partition coefficient (Wildman–Crippen LogP) is 2.65. The van der Waals surface area contributed by atoms with Crippen LogP contribution in [0.4, 0.5) is 0 Å². The standard InChI is InChI=1S/C20H30N2O4/c1-13(2)22-20(24)16-8-6-15(7-9-16)19(23)21-12-14-5-10-17(25-3)18(11-14)26-4/h5,10-11,13,15-16H,6-9,12H2,1-4H3,(H,21,23)(H,22,24). The highest BCUT2D eigenvalue weighted by Crippen LogP contribution is 2.30. The minimum atomic E-state index is -0.0155. The molecule has 2 rings (SSSR count). The number of amides is 2. The van der Waals surface area contributed by atoms with Crippen molar-refractivity contribution in [1.29, 1.82) is 0 Å². The highest BCUT2D eigenvalue weighted by atomic mass is 16.5. The van der Waals surface area contributed by atoms with E-state index in [1.54, 1.807) is 14.2 Å². The largest absolute Gasteiger partial charge is 0.493 e. The number of hydrogen-bond acceptors (Lipinski definition) is 4. The summed E-state index contributed by atoms with van der Waals surface area (Å²) in [4.78, 5) is 24.5. The van der Waals surface area contributed by atoms with Crippen LogP contribution in [0.2, 0.25) is 0 Å². The Labute approximate surface area is 155 Å². The van der Waals surface area contributed by atoms with Crippen LogP contribution in [-0.2, 0) is 16.1 Å². The van der Waals surface area contributed by atoms with Crippen LogP contribution < -0.4 is 20.1 Å². The first-order valence-corrected chi connectivity index (χ1v) is 9.23. The molecule has 0 atom stereocenters. The molecule has 2 N–H and O–H groups in total. The van der Waals surface area contributed by atoms with Crippen LogP contribution >= 0.6 is 0 Å². The van der Waals surface area contributed by atoms with Crippen molar-refractivity contribution in [2.45, 2.75) is 52.1 Å². The number of hydrogen-bond donors (Lipinski definition) is 2. The van der Waals surface area contributed by atoms with Crippen LogP contribution in [0, 0.1) is 11.8 Å². The molecular formula is C20H30N2O4. The van der Waals surface area contributed by atoms with Crippen molar-refractivity contribution in [1.82, 2.24) is 10.6 Å². The van der Waals surface area contributed by atoms with Gasteiger partial charge in [0.2, 0.25) is 11.8 Å². The molecular weight excluding hydrogens is 332 g/mol. The summed E-state index contributed by atoms with van der Waals surface area (Å²) in [6.07, 6.45) is 3.06. The first-order chi connectivity index (χ1) is 12.4. The summed E-state index contributed by atoms with van der Waals surface area (Å²) >= 11 is 0. The zero-order chi connectivity index (χ0) is 19.1.